The highest BCUT2D eigenvalue weighted by atomic mass is 16.5. The second-order valence-electron chi connectivity index (χ2n) is 5.21. The summed E-state index contributed by atoms with van der Waals surface area (Å²) < 4.78 is 4.99. The van der Waals surface area contributed by atoms with Gasteiger partial charge in [-0.3, -0.25) is 4.79 Å². The molecule has 0 radical (unpaired) electrons. The Hall–Kier alpha value is -2.04. The van der Waals surface area contributed by atoms with Crippen molar-refractivity contribution in [1.82, 2.24) is 4.90 Å². The van der Waals surface area contributed by atoms with Gasteiger partial charge in [0.25, 0.3) is 5.91 Å². The summed E-state index contributed by atoms with van der Waals surface area (Å²) in [6, 6.07) is 5.88. The van der Waals surface area contributed by atoms with E-state index in [-0.39, 0.29) is 23.8 Å². The molecular formula is C15H19NO4. The number of amides is 1. The van der Waals surface area contributed by atoms with Gasteiger partial charge in [-0.15, -0.1) is 0 Å². The van der Waals surface area contributed by atoms with Crippen LogP contribution in [0, 0.1) is 5.92 Å². The largest absolute Gasteiger partial charge is 0.508 e. The second kappa shape index (κ2) is 6.41. The molecule has 1 heterocycles. The van der Waals surface area contributed by atoms with Crippen molar-refractivity contribution in [3.63, 3.8) is 0 Å². The monoisotopic (exact) mass is 277 g/mol. The third-order valence-electron chi connectivity index (χ3n) is 3.42. The average molecular weight is 277 g/mol. The Morgan fingerprint density at radius 3 is 2.95 bits per heavy atom. The zero-order valence-electron chi connectivity index (χ0n) is 11.5. The maximum Gasteiger partial charge on any atom is 0.338 e. The van der Waals surface area contributed by atoms with E-state index in [0.717, 1.165) is 25.9 Å². The van der Waals surface area contributed by atoms with E-state index in [0.29, 0.717) is 5.92 Å². The van der Waals surface area contributed by atoms with Crippen molar-refractivity contribution in [2.45, 2.75) is 19.8 Å². The molecule has 1 atom stereocenters. The van der Waals surface area contributed by atoms with E-state index in [4.69, 9.17) is 4.74 Å². The molecule has 1 saturated heterocycles. The summed E-state index contributed by atoms with van der Waals surface area (Å²) in [6.07, 6.45) is 2.13. The standard InChI is InChI=1S/C15H19NO4/c1-11-4-3-7-16(9-11)14(18)10-20-15(19)12-5-2-6-13(17)8-12/h2,5-6,8,11,17H,3-4,7,9-10H2,1H3/t11-/m1/s1. The Morgan fingerprint density at radius 1 is 1.45 bits per heavy atom. The third kappa shape index (κ3) is 3.73. The van der Waals surface area contributed by atoms with Gasteiger partial charge in [-0.2, -0.15) is 0 Å². The van der Waals surface area contributed by atoms with Gasteiger partial charge in [0.2, 0.25) is 0 Å². The van der Waals surface area contributed by atoms with Gasteiger partial charge < -0.3 is 14.7 Å². The molecule has 1 aliphatic rings. The van der Waals surface area contributed by atoms with Gasteiger partial charge in [0.1, 0.15) is 5.75 Å². The van der Waals surface area contributed by atoms with E-state index < -0.39 is 5.97 Å². The predicted molar refractivity (Wildman–Crippen MR) is 73.4 cm³/mol. The predicted octanol–water partition coefficient (Wildman–Crippen LogP) is 1.81. The van der Waals surface area contributed by atoms with Crippen LogP contribution in [0.5, 0.6) is 5.75 Å². The van der Waals surface area contributed by atoms with Crippen LogP contribution in [0.3, 0.4) is 0 Å². The maximum absolute atomic E-state index is 11.9. The first-order chi connectivity index (χ1) is 9.56. The number of hydrogen-bond donors (Lipinski definition) is 1. The third-order valence-corrected chi connectivity index (χ3v) is 3.42. The molecule has 1 N–H and O–H groups in total. The molecule has 1 amide bonds. The van der Waals surface area contributed by atoms with Crippen LogP contribution in [0.25, 0.3) is 0 Å². The Kier molecular flexibility index (Phi) is 4.61. The molecule has 1 aromatic rings. The first kappa shape index (κ1) is 14.4. The fraction of sp³-hybridized carbons (Fsp3) is 0.467. The number of phenols is 1. The summed E-state index contributed by atoms with van der Waals surface area (Å²) in [7, 11) is 0. The van der Waals surface area contributed by atoms with E-state index in [1.54, 1.807) is 11.0 Å². The summed E-state index contributed by atoms with van der Waals surface area (Å²) in [4.78, 5) is 25.4. The molecule has 1 aromatic carbocycles. The van der Waals surface area contributed by atoms with Crippen molar-refractivity contribution in [1.29, 1.82) is 0 Å². The van der Waals surface area contributed by atoms with Crippen LogP contribution >= 0.6 is 0 Å². The number of carbonyl (C=O) groups excluding carboxylic acids is 2. The normalized spacial score (nSPS) is 18.6. The van der Waals surface area contributed by atoms with E-state index in [1.807, 2.05) is 0 Å². The maximum atomic E-state index is 11.9. The Morgan fingerprint density at radius 2 is 2.25 bits per heavy atom. The van der Waals surface area contributed by atoms with Gasteiger partial charge in [-0.05, 0) is 37.0 Å². The highest BCUT2D eigenvalue weighted by Crippen LogP contribution is 2.16. The SMILES string of the molecule is C[C@@H]1CCCN(C(=O)COC(=O)c2cccc(O)c2)C1. The molecule has 5 nitrogen and oxygen atoms in total. The molecule has 1 aliphatic heterocycles. The summed E-state index contributed by atoms with van der Waals surface area (Å²) in [5, 5.41) is 9.29. The number of esters is 1. The van der Waals surface area contributed by atoms with Gasteiger partial charge in [-0.1, -0.05) is 13.0 Å². The number of nitrogens with zero attached hydrogens (tertiary/aromatic N) is 1. The van der Waals surface area contributed by atoms with Crippen LogP contribution in [-0.2, 0) is 9.53 Å². The van der Waals surface area contributed by atoms with E-state index in [9.17, 15) is 14.7 Å². The molecule has 20 heavy (non-hydrogen) atoms. The van der Waals surface area contributed by atoms with E-state index in [2.05, 4.69) is 6.92 Å². The minimum atomic E-state index is -0.598. The van der Waals surface area contributed by atoms with Crippen molar-refractivity contribution >= 4 is 11.9 Å². The summed E-state index contributed by atoms with van der Waals surface area (Å²) >= 11 is 0. The summed E-state index contributed by atoms with van der Waals surface area (Å²) in [5.74, 6) is -0.269. The minimum Gasteiger partial charge on any atom is -0.508 e. The summed E-state index contributed by atoms with van der Waals surface area (Å²) in [5.41, 5.74) is 0.241. The number of piperidine rings is 1. The lowest BCUT2D eigenvalue weighted by Crippen LogP contribution is -2.41. The minimum absolute atomic E-state index is 0.00404. The van der Waals surface area contributed by atoms with Gasteiger partial charge in [-0.25, -0.2) is 4.79 Å². The van der Waals surface area contributed by atoms with Crippen LogP contribution < -0.4 is 0 Å². The van der Waals surface area contributed by atoms with Crippen LogP contribution in [0.1, 0.15) is 30.1 Å². The fourth-order valence-corrected chi connectivity index (χ4v) is 2.35. The lowest BCUT2D eigenvalue weighted by molar-refractivity contribution is -0.136. The molecule has 5 heteroatoms. The Labute approximate surface area is 118 Å². The zero-order valence-corrected chi connectivity index (χ0v) is 11.5. The van der Waals surface area contributed by atoms with E-state index in [1.165, 1.54) is 18.2 Å². The van der Waals surface area contributed by atoms with Crippen LogP contribution in [-0.4, -0.2) is 41.6 Å². The first-order valence-corrected chi connectivity index (χ1v) is 6.80. The van der Waals surface area contributed by atoms with Crippen LogP contribution in [0.2, 0.25) is 0 Å². The van der Waals surface area contributed by atoms with Crippen LogP contribution in [0.15, 0.2) is 24.3 Å². The number of carbonyl (C=O) groups is 2. The molecule has 108 valence electrons. The molecule has 0 saturated carbocycles. The molecule has 0 aliphatic carbocycles. The van der Waals surface area contributed by atoms with Crippen molar-refractivity contribution < 1.29 is 19.4 Å². The number of phenolic OH excluding ortho intramolecular Hbond substituents is 1. The highest BCUT2D eigenvalue weighted by Gasteiger charge is 2.22. The molecule has 0 unspecified atom stereocenters. The van der Waals surface area contributed by atoms with Crippen molar-refractivity contribution in [2.24, 2.45) is 5.92 Å². The summed E-state index contributed by atoms with van der Waals surface area (Å²) in [6.45, 7) is 3.31. The number of rotatable bonds is 3. The Bertz CT molecular complexity index is 500. The second-order valence-corrected chi connectivity index (χ2v) is 5.21. The smallest absolute Gasteiger partial charge is 0.338 e. The Balaban J connectivity index is 1.85. The zero-order chi connectivity index (χ0) is 14.5. The molecule has 0 aromatic heterocycles. The number of benzene rings is 1. The number of ether oxygens (including phenoxy) is 1. The topological polar surface area (TPSA) is 66.8 Å². The van der Waals surface area contributed by atoms with Gasteiger partial charge in [0.05, 0.1) is 5.56 Å². The number of aromatic hydroxyl groups is 1. The van der Waals surface area contributed by atoms with Crippen molar-refractivity contribution in [3.05, 3.63) is 29.8 Å². The van der Waals surface area contributed by atoms with Gasteiger partial charge in [0.15, 0.2) is 6.61 Å². The van der Waals surface area contributed by atoms with Crippen molar-refractivity contribution in [3.8, 4) is 5.75 Å². The quantitative estimate of drug-likeness (QED) is 0.856. The lowest BCUT2D eigenvalue weighted by atomic mass is 10.0. The molecule has 2 rings (SSSR count). The number of likely N-dealkylation sites (tertiary alicyclic amines) is 1. The van der Waals surface area contributed by atoms with Crippen molar-refractivity contribution in [2.75, 3.05) is 19.7 Å². The van der Waals surface area contributed by atoms with E-state index >= 15 is 0 Å². The van der Waals surface area contributed by atoms with Gasteiger partial charge >= 0.3 is 5.97 Å². The lowest BCUT2D eigenvalue weighted by Gasteiger charge is -2.30. The average Bonchev–Trinajstić information content (AvgIpc) is 2.44. The molecule has 1 fully saturated rings. The van der Waals surface area contributed by atoms with Gasteiger partial charge in [0, 0.05) is 13.1 Å². The highest BCUT2D eigenvalue weighted by molar-refractivity contribution is 5.91. The number of hydrogen-bond acceptors (Lipinski definition) is 4. The molecular weight excluding hydrogens is 258 g/mol. The molecule has 0 bridgehead atoms. The fourth-order valence-electron chi connectivity index (χ4n) is 2.35. The molecule has 0 spiro atoms. The first-order valence-electron chi connectivity index (χ1n) is 6.80. The van der Waals surface area contributed by atoms with Crippen LogP contribution in [0.4, 0.5) is 0 Å².